The van der Waals surface area contributed by atoms with E-state index in [-0.39, 0.29) is 11.4 Å². The predicted molar refractivity (Wildman–Crippen MR) is 64.1 cm³/mol. The number of carbonyl (C=O) groups excluding carboxylic acids is 1. The van der Waals surface area contributed by atoms with Crippen molar-refractivity contribution < 1.29 is 14.3 Å². The van der Waals surface area contributed by atoms with Crippen LogP contribution in [0.25, 0.3) is 0 Å². The van der Waals surface area contributed by atoms with Crippen LogP contribution in [0.3, 0.4) is 0 Å². The van der Waals surface area contributed by atoms with Crippen molar-refractivity contribution in [1.82, 2.24) is 4.90 Å². The van der Waals surface area contributed by atoms with Gasteiger partial charge in [0.2, 0.25) is 0 Å². The summed E-state index contributed by atoms with van der Waals surface area (Å²) in [6.07, 6.45) is 0. The first-order chi connectivity index (χ1) is 8.04. The molecule has 1 heterocycles. The van der Waals surface area contributed by atoms with E-state index in [0.29, 0.717) is 24.7 Å². The Morgan fingerprint density at radius 3 is 2.82 bits per heavy atom. The van der Waals surface area contributed by atoms with E-state index in [2.05, 4.69) is 0 Å². The fourth-order valence-electron chi connectivity index (χ4n) is 1.88. The molecule has 0 bridgehead atoms. The minimum Gasteiger partial charge on any atom is -0.497 e. The molecule has 2 rings (SSSR count). The predicted octanol–water partition coefficient (Wildman–Crippen LogP) is 1.90. The second kappa shape index (κ2) is 4.37. The third kappa shape index (κ3) is 2.26. The quantitative estimate of drug-likeness (QED) is 0.786. The molecule has 1 saturated heterocycles. The normalized spacial score (nSPS) is 18.2. The van der Waals surface area contributed by atoms with Crippen molar-refractivity contribution >= 4 is 5.91 Å². The van der Waals surface area contributed by atoms with Crippen molar-refractivity contribution in [3.63, 3.8) is 0 Å². The number of hydrogen-bond acceptors (Lipinski definition) is 3. The van der Waals surface area contributed by atoms with Crippen LogP contribution in [0, 0.1) is 0 Å². The minimum absolute atomic E-state index is 0.0219. The van der Waals surface area contributed by atoms with Crippen molar-refractivity contribution in [3.8, 4) is 5.75 Å². The molecule has 1 aromatic carbocycles. The number of carbonyl (C=O) groups is 1. The number of hydrogen-bond donors (Lipinski definition) is 0. The summed E-state index contributed by atoms with van der Waals surface area (Å²) in [4.78, 5) is 14.1. The zero-order valence-electron chi connectivity index (χ0n) is 10.4. The van der Waals surface area contributed by atoms with E-state index in [1.165, 1.54) is 0 Å². The van der Waals surface area contributed by atoms with E-state index in [0.717, 1.165) is 0 Å². The van der Waals surface area contributed by atoms with Crippen molar-refractivity contribution in [2.75, 3.05) is 20.4 Å². The molecule has 0 spiro atoms. The van der Waals surface area contributed by atoms with E-state index < -0.39 is 0 Å². The maximum atomic E-state index is 12.3. The molecule has 0 radical (unpaired) electrons. The summed E-state index contributed by atoms with van der Waals surface area (Å²) < 4.78 is 10.5. The van der Waals surface area contributed by atoms with Crippen molar-refractivity contribution in [3.05, 3.63) is 29.8 Å². The molecule has 17 heavy (non-hydrogen) atoms. The Labute approximate surface area is 101 Å². The van der Waals surface area contributed by atoms with Gasteiger partial charge in [-0.15, -0.1) is 0 Å². The second-order valence-corrected chi connectivity index (χ2v) is 4.76. The first kappa shape index (κ1) is 11.9. The van der Waals surface area contributed by atoms with Gasteiger partial charge in [-0.25, -0.2) is 0 Å². The molecule has 0 atom stereocenters. The van der Waals surface area contributed by atoms with Gasteiger partial charge in [0.05, 0.1) is 19.3 Å². The molecule has 1 fully saturated rings. The lowest BCUT2D eigenvalue weighted by Gasteiger charge is -2.29. The number of amides is 1. The Morgan fingerprint density at radius 2 is 2.24 bits per heavy atom. The van der Waals surface area contributed by atoms with E-state index >= 15 is 0 Å². The third-order valence-electron chi connectivity index (χ3n) is 2.97. The Kier molecular flexibility index (Phi) is 3.07. The van der Waals surface area contributed by atoms with Crippen LogP contribution < -0.4 is 4.74 Å². The summed E-state index contributed by atoms with van der Waals surface area (Å²) in [7, 11) is 1.59. The Morgan fingerprint density at radius 1 is 1.47 bits per heavy atom. The molecule has 0 aliphatic carbocycles. The monoisotopic (exact) mass is 235 g/mol. The molecule has 0 saturated carbocycles. The Balaban J connectivity index is 2.25. The molecule has 0 unspecified atom stereocenters. The van der Waals surface area contributed by atoms with E-state index in [4.69, 9.17) is 9.47 Å². The first-order valence-corrected chi connectivity index (χ1v) is 5.58. The first-order valence-electron chi connectivity index (χ1n) is 5.58. The lowest BCUT2D eigenvalue weighted by Crippen LogP contribution is -2.44. The van der Waals surface area contributed by atoms with Gasteiger partial charge in [-0.05, 0) is 32.0 Å². The molecule has 1 aliphatic heterocycles. The fraction of sp³-hybridized carbons (Fsp3) is 0.462. The third-order valence-corrected chi connectivity index (χ3v) is 2.97. The smallest absolute Gasteiger partial charge is 0.256 e. The van der Waals surface area contributed by atoms with Crippen molar-refractivity contribution in [1.29, 1.82) is 0 Å². The van der Waals surface area contributed by atoms with E-state index in [1.807, 2.05) is 26.0 Å². The molecule has 1 amide bonds. The van der Waals surface area contributed by atoms with Gasteiger partial charge in [-0.1, -0.05) is 6.07 Å². The highest BCUT2D eigenvalue weighted by Gasteiger charge is 2.36. The van der Waals surface area contributed by atoms with Gasteiger partial charge in [0, 0.05) is 5.56 Å². The fourth-order valence-corrected chi connectivity index (χ4v) is 1.88. The summed E-state index contributed by atoms with van der Waals surface area (Å²) in [6.45, 7) is 4.92. The summed E-state index contributed by atoms with van der Waals surface area (Å²) in [6, 6.07) is 7.17. The second-order valence-electron chi connectivity index (χ2n) is 4.76. The van der Waals surface area contributed by atoms with Crippen LogP contribution in [-0.2, 0) is 4.74 Å². The standard InChI is InChI=1S/C13H17NO3/c1-13(2)8-17-9-14(13)12(15)10-5-4-6-11(7-10)16-3/h4-7H,8-9H2,1-3H3. The van der Waals surface area contributed by atoms with Crippen LogP contribution in [0.2, 0.25) is 0 Å². The molecule has 0 aromatic heterocycles. The largest absolute Gasteiger partial charge is 0.497 e. The highest BCUT2D eigenvalue weighted by atomic mass is 16.5. The van der Waals surface area contributed by atoms with Gasteiger partial charge < -0.3 is 14.4 Å². The molecule has 1 aliphatic rings. The average Bonchev–Trinajstić information content (AvgIpc) is 2.68. The average molecular weight is 235 g/mol. The zero-order chi connectivity index (χ0) is 12.5. The van der Waals surface area contributed by atoms with Crippen LogP contribution in [-0.4, -0.2) is 36.8 Å². The van der Waals surface area contributed by atoms with Gasteiger partial charge in [-0.2, -0.15) is 0 Å². The molecule has 92 valence electrons. The lowest BCUT2D eigenvalue weighted by molar-refractivity contribution is 0.0605. The zero-order valence-corrected chi connectivity index (χ0v) is 10.4. The molecule has 4 nitrogen and oxygen atoms in total. The summed E-state index contributed by atoms with van der Waals surface area (Å²) in [5.74, 6) is 0.667. The minimum atomic E-state index is -0.250. The molecule has 0 N–H and O–H groups in total. The molecule has 1 aromatic rings. The number of ether oxygens (including phenoxy) is 2. The molecular weight excluding hydrogens is 218 g/mol. The number of methoxy groups -OCH3 is 1. The SMILES string of the molecule is COc1cccc(C(=O)N2COCC2(C)C)c1. The summed E-state index contributed by atoms with van der Waals surface area (Å²) >= 11 is 0. The van der Waals surface area contributed by atoms with Gasteiger partial charge in [0.15, 0.2) is 0 Å². The number of rotatable bonds is 2. The maximum Gasteiger partial charge on any atom is 0.256 e. The Hall–Kier alpha value is -1.55. The van der Waals surface area contributed by atoms with E-state index in [9.17, 15) is 4.79 Å². The highest BCUT2D eigenvalue weighted by molar-refractivity contribution is 5.95. The molecular formula is C13H17NO3. The van der Waals surface area contributed by atoms with Crippen LogP contribution in [0.1, 0.15) is 24.2 Å². The highest BCUT2D eigenvalue weighted by Crippen LogP contribution is 2.24. The van der Waals surface area contributed by atoms with Crippen molar-refractivity contribution in [2.45, 2.75) is 19.4 Å². The number of benzene rings is 1. The Bertz CT molecular complexity index is 428. The summed E-state index contributed by atoms with van der Waals surface area (Å²) in [5, 5.41) is 0. The van der Waals surface area contributed by atoms with E-state index in [1.54, 1.807) is 24.1 Å². The van der Waals surface area contributed by atoms with Gasteiger partial charge in [0.25, 0.3) is 5.91 Å². The topological polar surface area (TPSA) is 38.8 Å². The van der Waals surface area contributed by atoms with Gasteiger partial charge in [0.1, 0.15) is 12.5 Å². The van der Waals surface area contributed by atoms with Crippen LogP contribution in [0.4, 0.5) is 0 Å². The lowest BCUT2D eigenvalue weighted by atomic mass is 10.0. The van der Waals surface area contributed by atoms with Gasteiger partial charge >= 0.3 is 0 Å². The van der Waals surface area contributed by atoms with Crippen LogP contribution in [0.15, 0.2) is 24.3 Å². The van der Waals surface area contributed by atoms with Gasteiger partial charge in [-0.3, -0.25) is 4.79 Å². The van der Waals surface area contributed by atoms with Crippen LogP contribution >= 0.6 is 0 Å². The summed E-state index contributed by atoms with van der Waals surface area (Å²) in [5.41, 5.74) is 0.378. The maximum absolute atomic E-state index is 12.3. The van der Waals surface area contributed by atoms with Crippen LogP contribution in [0.5, 0.6) is 5.75 Å². The van der Waals surface area contributed by atoms with Crippen molar-refractivity contribution in [2.24, 2.45) is 0 Å². The number of nitrogens with zero attached hydrogens (tertiary/aromatic N) is 1. The molecule has 4 heteroatoms.